The summed E-state index contributed by atoms with van der Waals surface area (Å²) >= 11 is 16.6. The summed E-state index contributed by atoms with van der Waals surface area (Å²) < 4.78 is 2.45. The van der Waals surface area contributed by atoms with E-state index in [0.717, 1.165) is 0 Å². The van der Waals surface area contributed by atoms with Gasteiger partial charge in [0.05, 0.1) is 5.69 Å². The second kappa shape index (κ2) is 7.72. The number of amides is 2. The van der Waals surface area contributed by atoms with Gasteiger partial charge in [-0.05, 0) is 62.5 Å². The molecule has 1 N–H and O–H groups in total. The number of hydrogen-bond acceptors (Lipinski definition) is 4. The van der Waals surface area contributed by atoms with Gasteiger partial charge in [0.1, 0.15) is 10.2 Å². The quantitative estimate of drug-likeness (QED) is 0.460. The maximum atomic E-state index is 13.0. The topological polar surface area (TPSA) is 54.3 Å². The van der Waals surface area contributed by atoms with Crippen molar-refractivity contribution in [3.05, 3.63) is 63.4 Å². The second-order valence-corrected chi connectivity index (χ2v) is 7.41. The molecule has 1 aliphatic rings. The van der Waals surface area contributed by atoms with Gasteiger partial charge in [-0.15, -0.1) is 0 Å². The van der Waals surface area contributed by atoms with Crippen LogP contribution in [0.5, 0.6) is 0 Å². The molecule has 1 fully saturated rings. The average Bonchev–Trinajstić information content (AvgIpc) is 2.61. The lowest BCUT2D eigenvalue weighted by atomic mass is 10.1. The molecule has 1 saturated heterocycles. The number of nitrogens with one attached hydrogen (secondary N) is 1. The van der Waals surface area contributed by atoms with E-state index in [2.05, 4.69) is 5.32 Å². The van der Waals surface area contributed by atoms with E-state index >= 15 is 0 Å². The molecule has 1 aromatic heterocycles. The zero-order valence-electron chi connectivity index (χ0n) is 14.6. The zero-order valence-corrected chi connectivity index (χ0v) is 17.0. The van der Waals surface area contributed by atoms with E-state index in [0.29, 0.717) is 20.9 Å². The van der Waals surface area contributed by atoms with Crippen LogP contribution in [0.3, 0.4) is 0 Å². The van der Waals surface area contributed by atoms with Gasteiger partial charge in [0.25, 0.3) is 11.8 Å². The SMILES string of the molecule is CC(C)n1cccc(/C=C2/C(=O)NC(=S)N(c3ccc(Cl)cc3)C2=O)c1=S. The van der Waals surface area contributed by atoms with E-state index in [4.69, 9.17) is 36.0 Å². The van der Waals surface area contributed by atoms with Gasteiger partial charge >= 0.3 is 0 Å². The molecule has 138 valence electrons. The normalized spacial score (nSPS) is 16.2. The van der Waals surface area contributed by atoms with Gasteiger partial charge in [-0.25, -0.2) is 0 Å². The number of benzene rings is 1. The fourth-order valence-electron chi connectivity index (χ4n) is 2.68. The molecule has 0 radical (unpaired) electrons. The number of pyridine rings is 1. The maximum absolute atomic E-state index is 13.0. The summed E-state index contributed by atoms with van der Waals surface area (Å²) in [7, 11) is 0. The summed E-state index contributed by atoms with van der Waals surface area (Å²) in [6, 6.07) is 10.4. The lowest BCUT2D eigenvalue weighted by Gasteiger charge is -2.29. The number of thiocarbonyl (C=S) groups is 1. The molecule has 1 aliphatic heterocycles. The number of nitrogens with zero attached hydrogens (tertiary/aromatic N) is 2. The average molecular weight is 418 g/mol. The smallest absolute Gasteiger partial charge is 0.270 e. The summed E-state index contributed by atoms with van der Waals surface area (Å²) in [5, 5.41) is 3.11. The largest absolute Gasteiger partial charge is 0.336 e. The van der Waals surface area contributed by atoms with Crippen molar-refractivity contribution in [2.75, 3.05) is 4.90 Å². The van der Waals surface area contributed by atoms with Gasteiger partial charge in [-0.3, -0.25) is 19.8 Å². The molecule has 27 heavy (non-hydrogen) atoms. The molecule has 0 spiro atoms. The molecule has 0 bridgehead atoms. The zero-order chi connectivity index (χ0) is 19.7. The third-order valence-corrected chi connectivity index (χ3v) is 5.03. The van der Waals surface area contributed by atoms with Crippen LogP contribution < -0.4 is 10.2 Å². The monoisotopic (exact) mass is 417 g/mol. The molecule has 2 amide bonds. The Kier molecular flexibility index (Phi) is 5.55. The number of hydrogen-bond donors (Lipinski definition) is 1. The van der Waals surface area contributed by atoms with Gasteiger partial charge < -0.3 is 4.57 Å². The fourth-order valence-corrected chi connectivity index (χ4v) is 3.49. The van der Waals surface area contributed by atoms with Crippen molar-refractivity contribution in [1.29, 1.82) is 0 Å². The van der Waals surface area contributed by atoms with Crippen LogP contribution in [-0.4, -0.2) is 21.5 Å². The molecule has 0 saturated carbocycles. The van der Waals surface area contributed by atoms with Gasteiger partial charge in [-0.1, -0.05) is 29.9 Å². The Morgan fingerprint density at radius 2 is 1.78 bits per heavy atom. The Hall–Kier alpha value is -2.35. The molecular weight excluding hydrogens is 402 g/mol. The maximum Gasteiger partial charge on any atom is 0.270 e. The van der Waals surface area contributed by atoms with Gasteiger partial charge in [-0.2, -0.15) is 0 Å². The molecule has 5 nitrogen and oxygen atoms in total. The summed E-state index contributed by atoms with van der Waals surface area (Å²) in [5.41, 5.74) is 1.10. The minimum Gasteiger partial charge on any atom is -0.336 e. The van der Waals surface area contributed by atoms with Gasteiger partial charge in [0.15, 0.2) is 5.11 Å². The van der Waals surface area contributed by atoms with Crippen molar-refractivity contribution in [2.45, 2.75) is 19.9 Å². The van der Waals surface area contributed by atoms with E-state index in [-0.39, 0.29) is 16.7 Å². The Morgan fingerprint density at radius 3 is 2.41 bits per heavy atom. The number of rotatable bonds is 3. The summed E-state index contributed by atoms with van der Waals surface area (Å²) in [6.45, 7) is 4.01. The first kappa shape index (κ1) is 19.4. The highest BCUT2D eigenvalue weighted by Crippen LogP contribution is 2.24. The first-order chi connectivity index (χ1) is 12.8. The third kappa shape index (κ3) is 3.85. The fraction of sp³-hybridized carbons (Fsp3) is 0.158. The Labute approximate surface area is 172 Å². The molecule has 2 aromatic rings. The standard InChI is InChI=1S/C19H16ClN3O2S2/c1-11(2)22-9-3-4-12(18(22)26)10-15-16(24)21-19(27)23(17(15)25)14-7-5-13(20)6-8-14/h3-11H,1-2H3,(H,21,24,27)/b15-10-. The molecule has 2 heterocycles. The highest BCUT2D eigenvalue weighted by Gasteiger charge is 2.34. The summed E-state index contributed by atoms with van der Waals surface area (Å²) in [4.78, 5) is 26.7. The predicted molar refractivity (Wildman–Crippen MR) is 113 cm³/mol. The Balaban J connectivity index is 2.06. The van der Waals surface area contributed by atoms with Crippen LogP contribution in [0.1, 0.15) is 25.5 Å². The first-order valence-corrected chi connectivity index (χ1v) is 9.37. The van der Waals surface area contributed by atoms with Crippen molar-refractivity contribution < 1.29 is 9.59 Å². The number of anilines is 1. The number of carbonyl (C=O) groups excluding carboxylic acids is 2. The van der Waals surface area contributed by atoms with Crippen LogP contribution >= 0.6 is 36.0 Å². The number of aromatic nitrogens is 1. The van der Waals surface area contributed by atoms with Crippen molar-refractivity contribution >= 4 is 64.7 Å². The minimum atomic E-state index is -0.551. The van der Waals surface area contributed by atoms with Crippen molar-refractivity contribution in [3.63, 3.8) is 0 Å². The Morgan fingerprint density at radius 1 is 1.11 bits per heavy atom. The molecule has 3 rings (SSSR count). The summed E-state index contributed by atoms with van der Waals surface area (Å²) in [5.74, 6) is -1.06. The van der Waals surface area contributed by atoms with E-state index in [9.17, 15) is 9.59 Å². The van der Waals surface area contributed by atoms with Crippen molar-refractivity contribution in [2.24, 2.45) is 0 Å². The van der Waals surface area contributed by atoms with Gasteiger partial charge in [0.2, 0.25) is 0 Å². The molecule has 0 atom stereocenters. The molecule has 0 unspecified atom stereocenters. The van der Waals surface area contributed by atoms with Crippen LogP contribution in [0.25, 0.3) is 6.08 Å². The van der Waals surface area contributed by atoms with Crippen LogP contribution in [0.2, 0.25) is 5.02 Å². The third-order valence-electron chi connectivity index (χ3n) is 4.05. The minimum absolute atomic E-state index is 0.0216. The van der Waals surface area contributed by atoms with Crippen LogP contribution in [0, 0.1) is 4.64 Å². The van der Waals surface area contributed by atoms with E-state index < -0.39 is 11.8 Å². The second-order valence-electron chi connectivity index (χ2n) is 6.20. The lowest BCUT2D eigenvalue weighted by molar-refractivity contribution is -0.122. The van der Waals surface area contributed by atoms with E-state index in [1.165, 1.54) is 11.0 Å². The predicted octanol–water partition coefficient (Wildman–Crippen LogP) is 4.28. The lowest BCUT2D eigenvalue weighted by Crippen LogP contribution is -2.54. The van der Waals surface area contributed by atoms with E-state index in [1.807, 2.05) is 30.7 Å². The molecular formula is C19H16ClN3O2S2. The molecule has 1 aromatic carbocycles. The van der Waals surface area contributed by atoms with E-state index in [1.54, 1.807) is 30.3 Å². The van der Waals surface area contributed by atoms with Crippen molar-refractivity contribution in [3.8, 4) is 0 Å². The molecule has 0 aliphatic carbocycles. The van der Waals surface area contributed by atoms with Gasteiger partial charge in [0, 0.05) is 22.8 Å². The van der Waals surface area contributed by atoms with Crippen LogP contribution in [0.4, 0.5) is 5.69 Å². The summed E-state index contributed by atoms with van der Waals surface area (Å²) in [6.07, 6.45) is 3.37. The number of halogens is 1. The first-order valence-electron chi connectivity index (χ1n) is 8.18. The molecule has 8 heteroatoms. The van der Waals surface area contributed by atoms with Crippen LogP contribution in [0.15, 0.2) is 48.2 Å². The highest BCUT2D eigenvalue weighted by atomic mass is 35.5. The Bertz CT molecular complexity index is 1030. The van der Waals surface area contributed by atoms with Crippen LogP contribution in [-0.2, 0) is 9.59 Å². The van der Waals surface area contributed by atoms with Crippen molar-refractivity contribution in [1.82, 2.24) is 9.88 Å². The number of carbonyl (C=O) groups is 2. The highest BCUT2D eigenvalue weighted by molar-refractivity contribution is 7.80.